The van der Waals surface area contributed by atoms with Crippen LogP contribution in [0, 0.1) is 5.41 Å². The summed E-state index contributed by atoms with van der Waals surface area (Å²) in [6, 6.07) is -2.03. The number of aliphatic hydroxyl groups excluding tert-OH is 1. The SMILES string of the molecule is C=CCCCCC[C@H](NC(=O)OC(C)(C)C)C(=O)N1C[C@@H](O)C[C@H]1C(=O)N[C@]1(C(=O)O)C[C@]1(C=C)CC. The van der Waals surface area contributed by atoms with Crippen molar-refractivity contribution in [3.05, 3.63) is 25.3 Å². The van der Waals surface area contributed by atoms with Crippen molar-refractivity contribution in [2.24, 2.45) is 5.41 Å². The van der Waals surface area contributed by atoms with Crippen LogP contribution in [0.25, 0.3) is 0 Å². The highest BCUT2D eigenvalue weighted by Crippen LogP contribution is 2.59. The van der Waals surface area contributed by atoms with Crippen molar-refractivity contribution >= 4 is 23.9 Å². The van der Waals surface area contributed by atoms with Crippen LogP contribution in [-0.2, 0) is 19.1 Å². The zero-order valence-corrected chi connectivity index (χ0v) is 22.5. The fraction of sp³-hybridized carbons (Fsp3) is 0.704. The van der Waals surface area contributed by atoms with Crippen molar-refractivity contribution in [2.75, 3.05) is 6.54 Å². The summed E-state index contributed by atoms with van der Waals surface area (Å²) in [5.41, 5.74) is -3.03. The zero-order valence-electron chi connectivity index (χ0n) is 22.5. The average molecular weight is 522 g/mol. The molecule has 4 N–H and O–H groups in total. The van der Waals surface area contributed by atoms with Crippen molar-refractivity contribution < 1.29 is 34.1 Å². The molecular weight excluding hydrogens is 478 g/mol. The van der Waals surface area contributed by atoms with Gasteiger partial charge in [-0.05, 0) is 52.9 Å². The Morgan fingerprint density at radius 2 is 1.86 bits per heavy atom. The molecule has 3 amide bonds. The van der Waals surface area contributed by atoms with Gasteiger partial charge in [-0.25, -0.2) is 9.59 Å². The lowest BCUT2D eigenvalue weighted by atomic mass is 9.96. The summed E-state index contributed by atoms with van der Waals surface area (Å²) < 4.78 is 5.33. The fourth-order valence-electron chi connectivity index (χ4n) is 5.08. The Balaban J connectivity index is 2.20. The van der Waals surface area contributed by atoms with Gasteiger partial charge >= 0.3 is 12.1 Å². The lowest BCUT2D eigenvalue weighted by molar-refractivity contribution is -0.146. The molecule has 0 bridgehead atoms. The minimum absolute atomic E-state index is 0.0288. The summed E-state index contributed by atoms with van der Waals surface area (Å²) in [6.07, 6.45) is 5.85. The molecule has 1 heterocycles. The normalized spacial score (nSPS) is 27.6. The maximum atomic E-state index is 13.6. The maximum absolute atomic E-state index is 13.6. The van der Waals surface area contributed by atoms with Crippen molar-refractivity contribution in [2.45, 2.75) is 108 Å². The number of hydrogen-bond acceptors (Lipinski definition) is 6. The second kappa shape index (κ2) is 12.1. The second-order valence-electron chi connectivity index (χ2n) is 11.1. The number of hydrogen-bond donors (Lipinski definition) is 4. The minimum atomic E-state index is -1.50. The Morgan fingerprint density at radius 3 is 2.38 bits per heavy atom. The van der Waals surface area contributed by atoms with Gasteiger partial charge in [0.2, 0.25) is 11.8 Å². The van der Waals surface area contributed by atoms with Gasteiger partial charge in [-0.15, -0.1) is 13.2 Å². The number of aliphatic hydroxyl groups is 1. The van der Waals surface area contributed by atoms with E-state index in [-0.39, 0.29) is 19.4 Å². The van der Waals surface area contributed by atoms with Crippen molar-refractivity contribution in [3.8, 4) is 0 Å². The quantitative estimate of drug-likeness (QED) is 0.215. The Hall–Kier alpha value is -2.88. The third-order valence-corrected chi connectivity index (χ3v) is 7.28. The molecule has 1 saturated heterocycles. The third kappa shape index (κ3) is 7.12. The predicted molar refractivity (Wildman–Crippen MR) is 139 cm³/mol. The van der Waals surface area contributed by atoms with Crippen LogP contribution in [0.4, 0.5) is 4.79 Å². The Bertz CT molecular complexity index is 899. The monoisotopic (exact) mass is 521 g/mol. The van der Waals surface area contributed by atoms with Crippen LogP contribution in [-0.4, -0.2) is 74.9 Å². The van der Waals surface area contributed by atoms with Gasteiger partial charge in [0, 0.05) is 18.4 Å². The number of nitrogens with one attached hydrogen (secondary N) is 2. The molecule has 1 aliphatic heterocycles. The Kier molecular flexibility index (Phi) is 9.93. The molecule has 10 heteroatoms. The molecule has 0 aromatic heterocycles. The topological polar surface area (TPSA) is 145 Å². The first kappa shape index (κ1) is 30.3. The number of rotatable bonds is 13. The second-order valence-corrected chi connectivity index (χ2v) is 11.1. The van der Waals surface area contributed by atoms with Gasteiger partial charge in [0.1, 0.15) is 23.2 Å². The molecule has 0 radical (unpaired) electrons. The van der Waals surface area contributed by atoms with Gasteiger partial charge in [0.15, 0.2) is 0 Å². The van der Waals surface area contributed by atoms with Crippen LogP contribution in [0.3, 0.4) is 0 Å². The Morgan fingerprint density at radius 1 is 1.19 bits per heavy atom. The molecule has 208 valence electrons. The molecule has 2 fully saturated rings. The van der Waals surface area contributed by atoms with Crippen molar-refractivity contribution in [1.29, 1.82) is 0 Å². The number of carboxylic acids is 1. The van der Waals surface area contributed by atoms with E-state index >= 15 is 0 Å². The number of aliphatic carboxylic acids is 1. The highest BCUT2D eigenvalue weighted by Gasteiger charge is 2.71. The number of carboxylic acid groups (broad SMARTS) is 1. The number of alkyl carbamates (subject to hydrolysis) is 1. The van der Waals surface area contributed by atoms with Crippen LogP contribution in [0.5, 0.6) is 0 Å². The van der Waals surface area contributed by atoms with Gasteiger partial charge in [-0.3, -0.25) is 9.59 Å². The number of ether oxygens (including phenoxy) is 1. The molecule has 0 spiro atoms. The average Bonchev–Trinajstić information content (AvgIpc) is 3.30. The van der Waals surface area contributed by atoms with Crippen LogP contribution in [0.1, 0.15) is 79.1 Å². The molecule has 10 nitrogen and oxygen atoms in total. The van der Waals surface area contributed by atoms with Crippen molar-refractivity contribution in [1.82, 2.24) is 15.5 Å². The Labute approximate surface area is 219 Å². The van der Waals surface area contributed by atoms with E-state index < -0.39 is 58.6 Å². The highest BCUT2D eigenvalue weighted by molar-refractivity contribution is 5.96. The third-order valence-electron chi connectivity index (χ3n) is 7.28. The molecule has 0 aromatic rings. The summed E-state index contributed by atoms with van der Waals surface area (Å²) in [5, 5.41) is 25.5. The van der Waals surface area contributed by atoms with E-state index in [9.17, 15) is 29.4 Å². The standard InChI is InChI=1S/C27H43N3O7/c1-7-10-11-12-13-14-19(28-24(36)37-25(4,5)6)22(33)30-16-18(31)15-20(30)21(32)29-27(23(34)35)17-26(27,8-2)9-3/h7-8,18-20,31H,1-2,9-17H2,3-6H3,(H,28,36)(H,29,32)(H,34,35)/t18-,19-,20-,26-,27-/m0/s1. The first-order valence-corrected chi connectivity index (χ1v) is 13.0. The summed E-state index contributed by atoms with van der Waals surface area (Å²) in [7, 11) is 0. The number of carbonyl (C=O) groups excluding carboxylic acids is 3. The molecule has 0 aromatic carbocycles. The predicted octanol–water partition coefficient (Wildman–Crippen LogP) is 2.90. The summed E-state index contributed by atoms with van der Waals surface area (Å²) in [4.78, 5) is 52.8. The first-order chi connectivity index (χ1) is 17.3. The van der Waals surface area contributed by atoms with Crippen LogP contribution >= 0.6 is 0 Å². The molecule has 1 saturated carbocycles. The van der Waals surface area contributed by atoms with E-state index in [0.717, 1.165) is 19.3 Å². The number of amides is 3. The van der Waals surface area contributed by atoms with Gasteiger partial charge in [-0.1, -0.05) is 31.9 Å². The molecule has 37 heavy (non-hydrogen) atoms. The smallest absolute Gasteiger partial charge is 0.408 e. The highest BCUT2D eigenvalue weighted by atomic mass is 16.6. The van der Waals surface area contributed by atoms with E-state index in [0.29, 0.717) is 19.3 Å². The number of allylic oxidation sites excluding steroid dienone is 1. The van der Waals surface area contributed by atoms with Gasteiger partial charge in [0.05, 0.1) is 6.10 Å². The molecule has 0 unspecified atom stereocenters. The zero-order chi connectivity index (χ0) is 28.0. The number of β-amino-alcohol motifs (C(OH)–C–C–N with tert-alkyl or cyclic N) is 1. The largest absolute Gasteiger partial charge is 0.479 e. The molecule has 1 aliphatic carbocycles. The van der Waals surface area contributed by atoms with E-state index in [4.69, 9.17) is 4.74 Å². The van der Waals surface area contributed by atoms with Gasteiger partial charge in [0.25, 0.3) is 0 Å². The van der Waals surface area contributed by atoms with Crippen LogP contribution in [0.2, 0.25) is 0 Å². The fourth-order valence-corrected chi connectivity index (χ4v) is 5.08. The summed E-state index contributed by atoms with van der Waals surface area (Å²) >= 11 is 0. The molecule has 2 rings (SSSR count). The summed E-state index contributed by atoms with van der Waals surface area (Å²) in [5.74, 6) is -2.33. The first-order valence-electron chi connectivity index (χ1n) is 13.0. The number of unbranched alkanes of at least 4 members (excludes halogenated alkanes) is 3. The van der Waals surface area contributed by atoms with Gasteiger partial charge in [-0.2, -0.15) is 0 Å². The maximum Gasteiger partial charge on any atom is 0.408 e. The van der Waals surface area contributed by atoms with E-state index in [1.807, 2.05) is 13.0 Å². The molecular formula is C27H43N3O7. The van der Waals surface area contributed by atoms with Crippen LogP contribution in [0.15, 0.2) is 25.3 Å². The van der Waals surface area contributed by atoms with E-state index in [1.54, 1.807) is 26.8 Å². The lowest BCUT2D eigenvalue weighted by Crippen LogP contribution is -2.57. The van der Waals surface area contributed by atoms with Crippen molar-refractivity contribution in [3.63, 3.8) is 0 Å². The van der Waals surface area contributed by atoms with Gasteiger partial charge < -0.3 is 30.5 Å². The summed E-state index contributed by atoms with van der Waals surface area (Å²) in [6.45, 7) is 14.3. The number of nitrogens with zero attached hydrogens (tertiary/aromatic N) is 1. The molecule has 2 aliphatic rings. The minimum Gasteiger partial charge on any atom is -0.479 e. The number of carbonyl (C=O) groups is 4. The lowest BCUT2D eigenvalue weighted by Gasteiger charge is -2.30. The van der Waals surface area contributed by atoms with Crippen LogP contribution < -0.4 is 10.6 Å². The van der Waals surface area contributed by atoms with E-state index in [2.05, 4.69) is 23.8 Å². The number of likely N-dealkylation sites (tertiary alicyclic amines) is 1. The molecule has 5 atom stereocenters. The van der Waals surface area contributed by atoms with E-state index in [1.165, 1.54) is 4.90 Å².